The normalized spacial score (nSPS) is 15.7. The molecule has 0 atom stereocenters. The highest BCUT2D eigenvalue weighted by atomic mass is 16.6. The number of esters is 2. The van der Waals surface area contributed by atoms with Gasteiger partial charge in [-0.05, 0) is 36.1 Å². The molecule has 1 N–H and O–H groups in total. The van der Waals surface area contributed by atoms with Gasteiger partial charge in [0.05, 0.1) is 7.11 Å². The third kappa shape index (κ3) is 2.88. The van der Waals surface area contributed by atoms with E-state index in [-0.39, 0.29) is 22.7 Å². The van der Waals surface area contributed by atoms with E-state index in [9.17, 15) is 14.7 Å². The van der Waals surface area contributed by atoms with Crippen molar-refractivity contribution >= 4 is 23.1 Å². The van der Waals surface area contributed by atoms with E-state index in [0.29, 0.717) is 11.1 Å². The summed E-state index contributed by atoms with van der Waals surface area (Å²) in [6, 6.07) is 14.3. The van der Waals surface area contributed by atoms with Gasteiger partial charge in [0.1, 0.15) is 11.1 Å². The number of cyclic esters (lactones) is 1. The Morgan fingerprint density at radius 1 is 1.00 bits per heavy atom. The van der Waals surface area contributed by atoms with Gasteiger partial charge in [0, 0.05) is 0 Å². The molecule has 0 aliphatic carbocycles. The maximum Gasteiger partial charge on any atom is 0.348 e. The Hall–Kier alpha value is -3.34. The molecule has 1 aliphatic heterocycles. The molecule has 0 radical (unpaired) electrons. The third-order valence-electron chi connectivity index (χ3n) is 4.30. The van der Waals surface area contributed by atoms with Crippen LogP contribution in [0.25, 0.3) is 11.1 Å². The number of ether oxygens (including phenoxy) is 2. The van der Waals surface area contributed by atoms with Crippen LogP contribution in [-0.2, 0) is 19.1 Å². The number of aryl methyl sites for hydroxylation is 2. The maximum atomic E-state index is 12.5. The molecule has 5 nitrogen and oxygen atoms in total. The Kier molecular flexibility index (Phi) is 4.63. The van der Waals surface area contributed by atoms with Crippen LogP contribution in [0, 0.1) is 13.8 Å². The highest BCUT2D eigenvalue weighted by molar-refractivity contribution is 6.25. The van der Waals surface area contributed by atoms with Crippen molar-refractivity contribution in [2.45, 2.75) is 13.8 Å². The first kappa shape index (κ1) is 17.5. The lowest BCUT2D eigenvalue weighted by Gasteiger charge is -2.11. The van der Waals surface area contributed by atoms with E-state index in [4.69, 9.17) is 9.47 Å². The zero-order valence-electron chi connectivity index (χ0n) is 14.7. The van der Waals surface area contributed by atoms with Crippen LogP contribution in [0.1, 0.15) is 22.3 Å². The highest BCUT2D eigenvalue weighted by Crippen LogP contribution is 2.38. The summed E-state index contributed by atoms with van der Waals surface area (Å²) in [4.78, 5) is 24.9. The molecule has 1 heterocycles. The van der Waals surface area contributed by atoms with E-state index in [1.54, 1.807) is 24.3 Å². The maximum absolute atomic E-state index is 12.5. The van der Waals surface area contributed by atoms with Gasteiger partial charge in [-0.3, -0.25) is 0 Å². The van der Waals surface area contributed by atoms with Gasteiger partial charge in [0.2, 0.25) is 0 Å². The van der Waals surface area contributed by atoms with Crippen LogP contribution in [0.4, 0.5) is 0 Å². The lowest BCUT2D eigenvalue weighted by atomic mass is 9.96. The van der Waals surface area contributed by atoms with Crippen molar-refractivity contribution < 1.29 is 24.2 Å². The monoisotopic (exact) mass is 350 g/mol. The number of hydrogen-bond acceptors (Lipinski definition) is 5. The molecule has 0 spiro atoms. The van der Waals surface area contributed by atoms with Crippen molar-refractivity contribution in [1.82, 2.24) is 0 Å². The van der Waals surface area contributed by atoms with Gasteiger partial charge < -0.3 is 14.6 Å². The summed E-state index contributed by atoms with van der Waals surface area (Å²) in [5, 5.41) is 10.7. The van der Waals surface area contributed by atoms with Gasteiger partial charge in [-0.15, -0.1) is 0 Å². The van der Waals surface area contributed by atoms with Crippen molar-refractivity contribution in [2.75, 3.05) is 7.11 Å². The molecule has 0 saturated heterocycles. The summed E-state index contributed by atoms with van der Waals surface area (Å²) < 4.78 is 10.2. The predicted octanol–water partition coefficient (Wildman–Crippen LogP) is 3.71. The molecule has 0 fully saturated rings. The molecule has 132 valence electrons. The van der Waals surface area contributed by atoms with Crippen LogP contribution in [0.5, 0.6) is 0 Å². The summed E-state index contributed by atoms with van der Waals surface area (Å²) in [5.41, 5.74) is 2.73. The molecule has 5 heteroatoms. The van der Waals surface area contributed by atoms with Crippen molar-refractivity contribution in [1.29, 1.82) is 0 Å². The quantitative estimate of drug-likeness (QED) is 0.675. The fraction of sp³-hybridized carbons (Fsp3) is 0.143. The Bertz CT molecular complexity index is 966. The first-order valence-electron chi connectivity index (χ1n) is 8.06. The summed E-state index contributed by atoms with van der Waals surface area (Å²) in [7, 11) is 1.24. The minimum atomic E-state index is -0.707. The standard InChI is InChI=1S/C21H18O5/c1-12-8-4-6-10-14(12)16-18(22)19(26-21(16)24)17(20(23)25-3)15-11-7-5-9-13(15)2/h4-11,22H,1-3H3. The minimum absolute atomic E-state index is 0.0139. The second kappa shape index (κ2) is 6.88. The Morgan fingerprint density at radius 3 is 2.23 bits per heavy atom. The third-order valence-corrected chi connectivity index (χ3v) is 4.30. The average Bonchev–Trinajstić information content (AvgIpc) is 2.91. The van der Waals surface area contributed by atoms with E-state index in [1.807, 2.05) is 38.1 Å². The van der Waals surface area contributed by atoms with Crippen molar-refractivity contribution in [3.05, 3.63) is 82.3 Å². The number of hydrogen-bond donors (Lipinski definition) is 1. The summed E-state index contributed by atoms with van der Waals surface area (Å²) in [6.07, 6.45) is 0. The largest absolute Gasteiger partial charge is 0.504 e. The molecule has 1 aliphatic rings. The van der Waals surface area contributed by atoms with E-state index < -0.39 is 11.9 Å². The lowest BCUT2D eigenvalue weighted by molar-refractivity contribution is -0.134. The Labute approximate surface area is 151 Å². The number of aliphatic hydroxyl groups is 1. The number of benzene rings is 2. The molecule has 2 aromatic carbocycles. The molecule has 26 heavy (non-hydrogen) atoms. The van der Waals surface area contributed by atoms with Crippen LogP contribution in [-0.4, -0.2) is 24.2 Å². The van der Waals surface area contributed by atoms with E-state index in [1.165, 1.54) is 7.11 Å². The fourth-order valence-corrected chi connectivity index (χ4v) is 2.94. The van der Waals surface area contributed by atoms with Crippen molar-refractivity contribution in [3.8, 4) is 0 Å². The molecule has 2 aromatic rings. The van der Waals surface area contributed by atoms with Crippen molar-refractivity contribution in [2.24, 2.45) is 0 Å². The van der Waals surface area contributed by atoms with E-state index >= 15 is 0 Å². The van der Waals surface area contributed by atoms with Gasteiger partial charge >= 0.3 is 11.9 Å². The Balaban J connectivity index is 2.28. The summed E-state index contributed by atoms with van der Waals surface area (Å²) in [6.45, 7) is 3.64. The number of methoxy groups -OCH3 is 1. The van der Waals surface area contributed by atoms with Crippen LogP contribution >= 0.6 is 0 Å². The van der Waals surface area contributed by atoms with Gasteiger partial charge in [0.15, 0.2) is 11.5 Å². The molecule has 0 aromatic heterocycles. The van der Waals surface area contributed by atoms with Crippen LogP contribution < -0.4 is 0 Å². The summed E-state index contributed by atoms with van der Waals surface area (Å²) in [5.74, 6) is -1.95. The van der Waals surface area contributed by atoms with E-state index in [2.05, 4.69) is 0 Å². The molecule has 0 bridgehead atoms. The molecular formula is C21H18O5. The molecule has 0 unspecified atom stereocenters. The molecule has 3 rings (SSSR count). The zero-order chi connectivity index (χ0) is 18.8. The topological polar surface area (TPSA) is 72.8 Å². The van der Waals surface area contributed by atoms with Crippen molar-refractivity contribution in [3.63, 3.8) is 0 Å². The van der Waals surface area contributed by atoms with Gasteiger partial charge in [0.25, 0.3) is 0 Å². The number of carbonyl (C=O) groups excluding carboxylic acids is 2. The fourth-order valence-electron chi connectivity index (χ4n) is 2.94. The summed E-state index contributed by atoms with van der Waals surface area (Å²) >= 11 is 0. The number of rotatable bonds is 3. The molecule has 0 saturated carbocycles. The first-order chi connectivity index (χ1) is 12.5. The average molecular weight is 350 g/mol. The zero-order valence-corrected chi connectivity index (χ0v) is 14.7. The SMILES string of the molecule is COC(=O)C(=C1OC(=O)C(c2ccccc2C)=C1O)c1ccccc1C. The number of aliphatic hydroxyl groups excluding tert-OH is 1. The smallest absolute Gasteiger partial charge is 0.348 e. The van der Waals surface area contributed by atoms with Gasteiger partial charge in [-0.25, -0.2) is 9.59 Å². The highest BCUT2D eigenvalue weighted by Gasteiger charge is 2.36. The Morgan fingerprint density at radius 2 is 1.62 bits per heavy atom. The molecular weight excluding hydrogens is 332 g/mol. The predicted molar refractivity (Wildman–Crippen MR) is 96.9 cm³/mol. The lowest BCUT2D eigenvalue weighted by Crippen LogP contribution is -2.10. The first-order valence-corrected chi connectivity index (χ1v) is 8.06. The number of carbonyl (C=O) groups is 2. The van der Waals surface area contributed by atoms with Crippen LogP contribution in [0.2, 0.25) is 0 Å². The second-order valence-corrected chi connectivity index (χ2v) is 5.94. The van der Waals surface area contributed by atoms with Gasteiger partial charge in [-0.1, -0.05) is 48.5 Å². The van der Waals surface area contributed by atoms with Crippen LogP contribution in [0.15, 0.2) is 60.0 Å². The second-order valence-electron chi connectivity index (χ2n) is 5.94. The van der Waals surface area contributed by atoms with Gasteiger partial charge in [-0.2, -0.15) is 0 Å². The minimum Gasteiger partial charge on any atom is -0.504 e. The van der Waals surface area contributed by atoms with E-state index in [0.717, 1.165) is 11.1 Å². The van der Waals surface area contributed by atoms with Crippen LogP contribution in [0.3, 0.4) is 0 Å². The molecule has 0 amide bonds.